The van der Waals surface area contributed by atoms with Crippen molar-refractivity contribution in [3.63, 3.8) is 0 Å². The van der Waals surface area contributed by atoms with E-state index in [2.05, 4.69) is 5.16 Å². The van der Waals surface area contributed by atoms with Gasteiger partial charge in [0.1, 0.15) is 5.75 Å². The van der Waals surface area contributed by atoms with E-state index < -0.39 is 9.84 Å². The predicted octanol–water partition coefficient (Wildman–Crippen LogP) is 4.03. The molecular weight excluding hydrogens is 330 g/mol. The first-order chi connectivity index (χ1) is 10.0. The highest BCUT2D eigenvalue weighted by atomic mass is 35.5. The third-order valence-electron chi connectivity index (χ3n) is 2.83. The van der Waals surface area contributed by atoms with E-state index in [-0.39, 0.29) is 10.6 Å². The first kappa shape index (κ1) is 14.3. The predicted molar refractivity (Wildman–Crippen MR) is 82.2 cm³/mol. The average molecular weight is 340 g/mol. The molecule has 3 aromatic rings. The summed E-state index contributed by atoms with van der Waals surface area (Å²) in [6.45, 7) is 0. The molecule has 1 aromatic carbocycles. The molecule has 0 spiro atoms. The van der Waals surface area contributed by atoms with Crippen LogP contribution in [0.2, 0.25) is 5.02 Å². The van der Waals surface area contributed by atoms with Gasteiger partial charge in [-0.1, -0.05) is 22.8 Å². The maximum atomic E-state index is 12.3. The monoisotopic (exact) mass is 339 g/mol. The lowest BCUT2D eigenvalue weighted by molar-refractivity contribution is 0.426. The van der Waals surface area contributed by atoms with Gasteiger partial charge in [-0.05, 0) is 35.7 Å². The normalized spacial score (nSPS) is 11.7. The summed E-state index contributed by atoms with van der Waals surface area (Å²) in [6.07, 6.45) is 0. The van der Waals surface area contributed by atoms with Gasteiger partial charge >= 0.3 is 0 Å². The zero-order valence-corrected chi connectivity index (χ0v) is 13.1. The molecule has 0 aliphatic rings. The van der Waals surface area contributed by atoms with Crippen molar-refractivity contribution in [1.29, 1.82) is 0 Å². The first-order valence-corrected chi connectivity index (χ1v) is 8.93. The Labute approximate surface area is 130 Å². The number of benzene rings is 1. The second-order valence-corrected chi connectivity index (χ2v) is 7.75. The van der Waals surface area contributed by atoms with Crippen LogP contribution >= 0.6 is 22.9 Å². The van der Waals surface area contributed by atoms with E-state index in [0.29, 0.717) is 16.5 Å². The fourth-order valence-electron chi connectivity index (χ4n) is 1.83. The summed E-state index contributed by atoms with van der Waals surface area (Å²) in [5.41, 5.74) is 0.383. The van der Waals surface area contributed by atoms with Crippen LogP contribution in [-0.2, 0) is 15.6 Å². The lowest BCUT2D eigenvalue weighted by Crippen LogP contribution is -2.04. The van der Waals surface area contributed by atoms with Crippen molar-refractivity contribution >= 4 is 32.8 Å². The largest absolute Gasteiger partial charge is 0.355 e. The van der Waals surface area contributed by atoms with Gasteiger partial charge in [-0.3, -0.25) is 0 Å². The van der Waals surface area contributed by atoms with Crippen molar-refractivity contribution in [3.8, 4) is 10.6 Å². The molecule has 4 nitrogen and oxygen atoms in total. The van der Waals surface area contributed by atoms with Gasteiger partial charge in [0.25, 0.3) is 0 Å². The highest BCUT2D eigenvalue weighted by molar-refractivity contribution is 7.90. The van der Waals surface area contributed by atoms with Crippen molar-refractivity contribution in [2.45, 2.75) is 10.6 Å². The van der Waals surface area contributed by atoms with Crippen LogP contribution in [0.5, 0.6) is 0 Å². The van der Waals surface area contributed by atoms with E-state index in [0.717, 1.165) is 4.88 Å². The number of rotatable bonds is 4. The molecule has 0 N–H and O–H groups in total. The zero-order valence-electron chi connectivity index (χ0n) is 10.7. The summed E-state index contributed by atoms with van der Waals surface area (Å²) < 4.78 is 29.8. The van der Waals surface area contributed by atoms with Crippen LogP contribution in [0.4, 0.5) is 0 Å². The van der Waals surface area contributed by atoms with Crippen LogP contribution < -0.4 is 0 Å². The molecule has 108 valence electrons. The number of thiophene rings is 1. The Kier molecular flexibility index (Phi) is 3.84. The fourth-order valence-corrected chi connectivity index (χ4v) is 3.88. The standard InChI is InChI=1S/C14H10ClNO3S2/c15-10-3-5-12(6-4-10)21(17,18)9-11-8-13(19-16-11)14-2-1-7-20-14/h1-8H,9H2. The molecule has 0 aliphatic carbocycles. The molecule has 3 rings (SSSR count). The Morgan fingerprint density at radius 1 is 1.19 bits per heavy atom. The number of aromatic nitrogens is 1. The number of nitrogens with zero attached hydrogens (tertiary/aromatic N) is 1. The van der Waals surface area contributed by atoms with Crippen molar-refractivity contribution in [2.24, 2.45) is 0 Å². The second-order valence-electron chi connectivity index (χ2n) is 4.37. The quantitative estimate of drug-likeness (QED) is 0.720. The van der Waals surface area contributed by atoms with Gasteiger partial charge in [-0.15, -0.1) is 11.3 Å². The van der Waals surface area contributed by atoms with Gasteiger partial charge in [-0.25, -0.2) is 8.42 Å². The SMILES string of the molecule is O=S(=O)(Cc1cc(-c2cccs2)on1)c1ccc(Cl)cc1. The second kappa shape index (κ2) is 5.63. The van der Waals surface area contributed by atoms with E-state index in [9.17, 15) is 8.42 Å². The van der Waals surface area contributed by atoms with E-state index >= 15 is 0 Å². The minimum Gasteiger partial charge on any atom is -0.355 e. The zero-order chi connectivity index (χ0) is 14.9. The summed E-state index contributed by atoms with van der Waals surface area (Å²) >= 11 is 7.27. The molecule has 0 aliphatic heterocycles. The molecule has 7 heteroatoms. The van der Waals surface area contributed by atoms with Gasteiger partial charge < -0.3 is 4.52 Å². The minimum atomic E-state index is -3.46. The van der Waals surface area contributed by atoms with Crippen molar-refractivity contribution in [1.82, 2.24) is 5.16 Å². The maximum absolute atomic E-state index is 12.3. The molecule has 2 heterocycles. The molecule has 0 amide bonds. The average Bonchev–Trinajstić information content (AvgIpc) is 3.09. The maximum Gasteiger partial charge on any atom is 0.184 e. The Morgan fingerprint density at radius 2 is 1.95 bits per heavy atom. The Bertz CT molecular complexity index is 837. The van der Waals surface area contributed by atoms with Crippen LogP contribution in [0.15, 0.2) is 57.3 Å². The smallest absolute Gasteiger partial charge is 0.184 e. The summed E-state index contributed by atoms with van der Waals surface area (Å²) in [5.74, 6) is 0.370. The molecule has 0 saturated heterocycles. The number of halogens is 1. The number of sulfone groups is 1. The summed E-state index contributed by atoms with van der Waals surface area (Å²) in [6, 6.07) is 11.5. The molecule has 2 aromatic heterocycles. The van der Waals surface area contributed by atoms with Crippen LogP contribution in [0, 0.1) is 0 Å². The van der Waals surface area contributed by atoms with Crippen molar-refractivity contribution in [3.05, 3.63) is 58.6 Å². The van der Waals surface area contributed by atoms with Crippen molar-refractivity contribution in [2.75, 3.05) is 0 Å². The highest BCUT2D eigenvalue weighted by Gasteiger charge is 2.18. The Morgan fingerprint density at radius 3 is 2.62 bits per heavy atom. The third-order valence-corrected chi connectivity index (χ3v) is 5.64. The van der Waals surface area contributed by atoms with Crippen LogP contribution in [0.25, 0.3) is 10.6 Å². The number of hydrogen-bond acceptors (Lipinski definition) is 5. The Balaban J connectivity index is 1.84. The van der Waals surface area contributed by atoms with Crippen LogP contribution in [-0.4, -0.2) is 13.6 Å². The molecule has 0 fully saturated rings. The van der Waals surface area contributed by atoms with Gasteiger partial charge in [0, 0.05) is 11.1 Å². The van der Waals surface area contributed by atoms with E-state index in [1.54, 1.807) is 18.2 Å². The van der Waals surface area contributed by atoms with Crippen LogP contribution in [0.1, 0.15) is 5.69 Å². The fraction of sp³-hybridized carbons (Fsp3) is 0.0714. The van der Waals surface area contributed by atoms with Gasteiger partial charge in [0.2, 0.25) is 0 Å². The van der Waals surface area contributed by atoms with Gasteiger partial charge in [0.15, 0.2) is 15.6 Å². The van der Waals surface area contributed by atoms with Gasteiger partial charge in [0.05, 0.1) is 15.5 Å². The summed E-state index contributed by atoms with van der Waals surface area (Å²) in [4.78, 5) is 1.13. The molecule has 0 bridgehead atoms. The highest BCUT2D eigenvalue weighted by Crippen LogP contribution is 2.26. The molecule has 21 heavy (non-hydrogen) atoms. The van der Waals surface area contributed by atoms with Gasteiger partial charge in [-0.2, -0.15) is 0 Å². The summed E-state index contributed by atoms with van der Waals surface area (Å²) in [5, 5.41) is 6.24. The topological polar surface area (TPSA) is 60.2 Å². The van der Waals surface area contributed by atoms with E-state index in [1.165, 1.54) is 23.5 Å². The molecule has 0 radical (unpaired) electrons. The molecular formula is C14H10ClNO3S2. The molecule has 0 atom stereocenters. The molecule has 0 unspecified atom stereocenters. The third kappa shape index (κ3) is 3.18. The minimum absolute atomic E-state index is 0.205. The molecule has 0 saturated carbocycles. The lowest BCUT2D eigenvalue weighted by atomic mass is 10.3. The van der Waals surface area contributed by atoms with E-state index in [4.69, 9.17) is 16.1 Å². The first-order valence-electron chi connectivity index (χ1n) is 6.02. The summed E-state index contributed by atoms with van der Waals surface area (Å²) in [7, 11) is -3.46. The Hall–Kier alpha value is -1.63. The van der Waals surface area contributed by atoms with Crippen molar-refractivity contribution < 1.29 is 12.9 Å². The lowest BCUT2D eigenvalue weighted by Gasteiger charge is -2.01. The van der Waals surface area contributed by atoms with E-state index in [1.807, 2.05) is 17.5 Å². The number of hydrogen-bond donors (Lipinski definition) is 0. The van der Waals surface area contributed by atoms with Crippen LogP contribution in [0.3, 0.4) is 0 Å².